The van der Waals surface area contributed by atoms with E-state index in [1.54, 1.807) is 6.92 Å². The van der Waals surface area contributed by atoms with E-state index in [9.17, 15) is 39.6 Å². The number of rotatable bonds is 12. The average molecular weight is 464 g/mol. The molecule has 11 nitrogen and oxygen atoms in total. The van der Waals surface area contributed by atoms with Crippen LogP contribution in [0.15, 0.2) is 15.8 Å². The van der Waals surface area contributed by atoms with Gasteiger partial charge in [0.15, 0.2) is 6.30 Å². The second kappa shape index (κ2) is 11.0. The lowest BCUT2D eigenvalue weighted by atomic mass is 9.99. The van der Waals surface area contributed by atoms with E-state index < -0.39 is 48.0 Å². The third kappa shape index (κ3) is 4.81. The number of nitrogens with one attached hydrogen (secondary N) is 1. The Balaban J connectivity index is 2.36. The molecule has 0 spiro atoms. The first kappa shape index (κ1) is 26.6. The zero-order chi connectivity index (χ0) is 24.1. The molecule has 1 saturated heterocycles. The summed E-state index contributed by atoms with van der Waals surface area (Å²) in [5, 5.41) is 52.5. The van der Waals surface area contributed by atoms with Gasteiger partial charge in [-0.3, -0.25) is 9.78 Å². The van der Waals surface area contributed by atoms with Crippen molar-refractivity contribution in [3.63, 3.8) is 0 Å². The van der Waals surface area contributed by atoms with Gasteiger partial charge in [-0.15, -0.1) is 5.06 Å². The number of aryl methyl sites for hydroxylation is 1. The molecule has 1 aromatic heterocycles. The average Bonchev–Trinajstić information content (AvgIpc) is 2.97. The van der Waals surface area contributed by atoms with Crippen molar-refractivity contribution in [3.8, 4) is 0 Å². The Morgan fingerprint density at radius 1 is 1.22 bits per heavy atom. The van der Waals surface area contributed by atoms with Crippen molar-refractivity contribution in [2.75, 3.05) is 6.61 Å². The lowest BCUT2D eigenvalue weighted by molar-refractivity contribution is -0.428. The number of hydrogen-bond donors (Lipinski definition) is 6. The van der Waals surface area contributed by atoms with Crippen LogP contribution in [0.3, 0.4) is 0 Å². The number of hydroxylamine groups is 2. The van der Waals surface area contributed by atoms with Crippen molar-refractivity contribution < 1.29 is 34.8 Å². The van der Waals surface area contributed by atoms with Crippen molar-refractivity contribution in [2.45, 2.75) is 95.4 Å². The number of nitrogens with zero attached hydrogens (tertiary/aromatic N) is 2. The van der Waals surface area contributed by atoms with Crippen molar-refractivity contribution in [1.82, 2.24) is 14.6 Å². The molecule has 1 unspecified atom stereocenters. The monoisotopic (exact) mass is 463 g/mol. The zero-order valence-corrected chi connectivity index (χ0v) is 18.4. The number of ether oxygens (including phenoxy) is 1. The van der Waals surface area contributed by atoms with E-state index in [2.05, 4.69) is 6.92 Å². The molecular weight excluding hydrogens is 429 g/mol. The third-order valence-electron chi connectivity index (χ3n) is 5.87. The Morgan fingerprint density at radius 3 is 2.44 bits per heavy atom. The summed E-state index contributed by atoms with van der Waals surface area (Å²) in [5.74, 6) is -3.23. The van der Waals surface area contributed by atoms with E-state index in [4.69, 9.17) is 4.74 Å². The fourth-order valence-corrected chi connectivity index (χ4v) is 3.89. The lowest BCUT2D eigenvalue weighted by Gasteiger charge is -2.43. The standard InChI is InChI=1S/C20H34FN3O8/c1-3-5-6-7-8-9-10-15(21)24(31)19(29)16(26)14(12-25)32-20(19,30)23-11-13(4-2)17(27)22-18(23)28/h11,14-16,25-26,29-31H,3-10,12H2,1-2H3,(H,22,27,28)/t14-,15?,16-,19-,20+/m1/s1. The quantitative estimate of drug-likeness (QED) is 0.107. The van der Waals surface area contributed by atoms with Crippen LogP contribution >= 0.6 is 0 Å². The maximum atomic E-state index is 14.9. The molecule has 0 aliphatic carbocycles. The summed E-state index contributed by atoms with van der Waals surface area (Å²) in [6.07, 6.45) is -0.368. The molecule has 2 rings (SSSR count). The van der Waals surface area contributed by atoms with E-state index in [-0.39, 0.29) is 23.5 Å². The Kier molecular flexibility index (Phi) is 9.11. The number of aromatic amines is 1. The Labute approximate surface area is 184 Å². The first-order valence-electron chi connectivity index (χ1n) is 11.0. The van der Waals surface area contributed by atoms with E-state index in [0.29, 0.717) is 17.4 Å². The van der Waals surface area contributed by atoms with Crippen molar-refractivity contribution in [3.05, 3.63) is 32.6 Å². The minimum Gasteiger partial charge on any atom is -0.394 e. The van der Waals surface area contributed by atoms with Crippen LogP contribution in [0.25, 0.3) is 0 Å². The summed E-state index contributed by atoms with van der Waals surface area (Å²) in [7, 11) is 0. The molecule has 1 aliphatic rings. The number of unbranched alkanes of at least 4 members (excludes halogenated alkanes) is 5. The molecule has 1 fully saturated rings. The van der Waals surface area contributed by atoms with Gasteiger partial charge in [0.1, 0.15) is 12.2 Å². The Bertz CT molecular complexity index is 864. The summed E-state index contributed by atoms with van der Waals surface area (Å²) in [6, 6.07) is 0. The van der Waals surface area contributed by atoms with E-state index >= 15 is 0 Å². The second-order valence-electron chi connectivity index (χ2n) is 8.09. The SMILES string of the molecule is CCCCCCCCC(F)N(O)[C@@]1(O)[C@H](O)[C@@H](CO)O[C@]1(O)n1cc(CC)c(=O)[nH]c1=O. The number of H-pyrrole nitrogens is 1. The van der Waals surface area contributed by atoms with Gasteiger partial charge in [-0.25, -0.2) is 13.8 Å². The molecule has 0 amide bonds. The van der Waals surface area contributed by atoms with Gasteiger partial charge in [0.25, 0.3) is 5.56 Å². The van der Waals surface area contributed by atoms with Gasteiger partial charge < -0.3 is 30.4 Å². The Morgan fingerprint density at radius 2 is 1.84 bits per heavy atom. The molecule has 0 bridgehead atoms. The molecule has 1 aromatic rings. The fraction of sp³-hybridized carbons (Fsp3) is 0.800. The lowest BCUT2D eigenvalue weighted by Crippen LogP contribution is -2.69. The highest BCUT2D eigenvalue weighted by molar-refractivity contribution is 5.10. The maximum Gasteiger partial charge on any atom is 0.332 e. The maximum absolute atomic E-state index is 14.9. The molecule has 0 aromatic carbocycles. The fourth-order valence-electron chi connectivity index (χ4n) is 3.89. The second-order valence-corrected chi connectivity index (χ2v) is 8.09. The first-order valence-corrected chi connectivity index (χ1v) is 11.0. The highest BCUT2D eigenvalue weighted by Crippen LogP contribution is 2.44. The number of halogens is 1. The van der Waals surface area contributed by atoms with Gasteiger partial charge >= 0.3 is 11.6 Å². The van der Waals surface area contributed by atoms with Gasteiger partial charge in [0, 0.05) is 11.8 Å². The summed E-state index contributed by atoms with van der Waals surface area (Å²) >= 11 is 0. The van der Waals surface area contributed by atoms with Gasteiger partial charge in [-0.05, 0) is 19.3 Å². The zero-order valence-electron chi connectivity index (χ0n) is 18.4. The predicted octanol–water partition coefficient (Wildman–Crippen LogP) is -0.120. The van der Waals surface area contributed by atoms with Crippen LogP contribution in [0.2, 0.25) is 0 Å². The van der Waals surface area contributed by atoms with Gasteiger partial charge in [-0.2, -0.15) is 0 Å². The smallest absolute Gasteiger partial charge is 0.332 e. The van der Waals surface area contributed by atoms with Crippen LogP contribution in [0, 0.1) is 0 Å². The predicted molar refractivity (Wildman–Crippen MR) is 110 cm³/mol. The van der Waals surface area contributed by atoms with Crippen LogP contribution in [-0.2, 0) is 17.1 Å². The van der Waals surface area contributed by atoms with Crippen molar-refractivity contribution in [1.29, 1.82) is 0 Å². The third-order valence-corrected chi connectivity index (χ3v) is 5.87. The topological polar surface area (TPSA) is 168 Å². The summed E-state index contributed by atoms with van der Waals surface area (Å²) in [6.45, 7) is 2.73. The van der Waals surface area contributed by atoms with E-state index in [1.807, 2.05) is 4.98 Å². The molecular formula is C20H34FN3O8. The van der Waals surface area contributed by atoms with E-state index in [0.717, 1.165) is 31.9 Å². The Hall–Kier alpha value is -1.67. The minimum atomic E-state index is -3.28. The normalized spacial score (nSPS) is 29.0. The van der Waals surface area contributed by atoms with E-state index in [1.165, 1.54) is 0 Å². The summed E-state index contributed by atoms with van der Waals surface area (Å²) in [4.78, 5) is 26.2. The van der Waals surface area contributed by atoms with Crippen LogP contribution in [0.1, 0.15) is 64.4 Å². The molecule has 0 saturated carbocycles. The molecule has 5 atom stereocenters. The summed E-state index contributed by atoms with van der Waals surface area (Å²) < 4.78 is 20.4. The van der Waals surface area contributed by atoms with Crippen LogP contribution in [0.4, 0.5) is 4.39 Å². The van der Waals surface area contributed by atoms with Crippen LogP contribution in [-0.4, -0.2) is 71.1 Å². The summed E-state index contributed by atoms with van der Waals surface area (Å²) in [5.41, 5.74) is -5.25. The molecule has 1 aliphatic heterocycles. The number of aliphatic hydroxyl groups excluding tert-OH is 2. The van der Waals surface area contributed by atoms with Crippen LogP contribution in [0.5, 0.6) is 0 Å². The van der Waals surface area contributed by atoms with Gasteiger partial charge in [0.05, 0.1) is 6.61 Å². The van der Waals surface area contributed by atoms with Crippen LogP contribution < -0.4 is 11.2 Å². The number of aromatic nitrogens is 2. The molecule has 6 N–H and O–H groups in total. The molecule has 184 valence electrons. The molecule has 32 heavy (non-hydrogen) atoms. The minimum absolute atomic E-state index is 0.0132. The highest BCUT2D eigenvalue weighted by atomic mass is 19.1. The molecule has 12 heteroatoms. The molecule has 2 heterocycles. The van der Waals surface area contributed by atoms with Gasteiger partial charge in [0.2, 0.25) is 5.72 Å². The number of alkyl halides is 1. The molecule has 0 radical (unpaired) electrons. The van der Waals surface area contributed by atoms with Gasteiger partial charge in [-0.1, -0.05) is 46.0 Å². The van der Waals surface area contributed by atoms with Crippen molar-refractivity contribution in [2.24, 2.45) is 0 Å². The van der Waals surface area contributed by atoms with Crippen molar-refractivity contribution >= 4 is 0 Å². The largest absolute Gasteiger partial charge is 0.394 e. The highest BCUT2D eigenvalue weighted by Gasteiger charge is 2.71. The number of aliphatic hydroxyl groups is 4. The first-order chi connectivity index (χ1) is 15.1. The number of hydrogen-bond acceptors (Lipinski definition) is 9.